The van der Waals surface area contributed by atoms with Crippen LogP contribution in [0.5, 0.6) is 0 Å². The standard InChI is InChI=1S/C21H21F3N2O2/c22-21(23,24)16-6-1-14(2-7-16)5-12-19(27)25-17-8-3-15(4-9-17)13-20(28)26-18-10-11-18/h1-4,6-9,18H,5,10-13H2,(H,25,27)(H,26,28). The lowest BCUT2D eigenvalue weighted by molar-refractivity contribution is -0.137. The van der Waals surface area contributed by atoms with Crippen LogP contribution in [0.3, 0.4) is 0 Å². The normalized spacial score (nSPS) is 13.8. The predicted molar refractivity (Wildman–Crippen MR) is 99.7 cm³/mol. The molecule has 0 unspecified atom stereocenters. The summed E-state index contributed by atoms with van der Waals surface area (Å²) in [5.41, 5.74) is 1.44. The molecule has 0 bridgehead atoms. The minimum Gasteiger partial charge on any atom is -0.353 e. The van der Waals surface area contributed by atoms with E-state index in [9.17, 15) is 22.8 Å². The van der Waals surface area contributed by atoms with E-state index in [2.05, 4.69) is 10.6 Å². The van der Waals surface area contributed by atoms with Gasteiger partial charge in [-0.05, 0) is 54.7 Å². The second-order valence-electron chi connectivity index (χ2n) is 6.96. The van der Waals surface area contributed by atoms with Crippen LogP contribution in [0.4, 0.5) is 18.9 Å². The maximum Gasteiger partial charge on any atom is 0.416 e. The molecule has 1 saturated carbocycles. The van der Waals surface area contributed by atoms with Crippen LogP contribution in [0.1, 0.15) is 36.0 Å². The van der Waals surface area contributed by atoms with Gasteiger partial charge >= 0.3 is 6.18 Å². The monoisotopic (exact) mass is 390 g/mol. The highest BCUT2D eigenvalue weighted by Crippen LogP contribution is 2.29. The molecule has 2 amide bonds. The zero-order valence-corrected chi connectivity index (χ0v) is 15.2. The SMILES string of the molecule is O=C(CCc1ccc(C(F)(F)F)cc1)Nc1ccc(CC(=O)NC2CC2)cc1. The molecule has 4 nitrogen and oxygen atoms in total. The molecule has 2 aromatic carbocycles. The number of halogens is 3. The average molecular weight is 390 g/mol. The molecule has 0 spiro atoms. The van der Waals surface area contributed by atoms with Crippen molar-refractivity contribution < 1.29 is 22.8 Å². The number of carbonyl (C=O) groups excluding carboxylic acids is 2. The van der Waals surface area contributed by atoms with Gasteiger partial charge in [-0.25, -0.2) is 0 Å². The first-order valence-corrected chi connectivity index (χ1v) is 9.14. The molecule has 0 saturated heterocycles. The highest BCUT2D eigenvalue weighted by Gasteiger charge is 2.29. The predicted octanol–water partition coefficient (Wildman–Crippen LogP) is 4.10. The molecular formula is C21H21F3N2O2. The number of carbonyl (C=O) groups is 2. The minimum atomic E-state index is -4.36. The number of alkyl halides is 3. The zero-order valence-electron chi connectivity index (χ0n) is 15.2. The van der Waals surface area contributed by atoms with Crippen LogP contribution in [0, 0.1) is 0 Å². The molecule has 1 aliphatic rings. The number of rotatable bonds is 7. The van der Waals surface area contributed by atoms with Crippen molar-refractivity contribution in [2.24, 2.45) is 0 Å². The quantitative estimate of drug-likeness (QED) is 0.748. The van der Waals surface area contributed by atoms with Crippen molar-refractivity contribution in [1.29, 1.82) is 0 Å². The molecule has 3 rings (SSSR count). The number of aryl methyl sites for hydroxylation is 1. The fourth-order valence-electron chi connectivity index (χ4n) is 2.74. The van der Waals surface area contributed by atoms with E-state index < -0.39 is 11.7 Å². The van der Waals surface area contributed by atoms with Gasteiger partial charge in [0.15, 0.2) is 0 Å². The first-order chi connectivity index (χ1) is 13.3. The first kappa shape index (κ1) is 19.9. The maximum atomic E-state index is 12.5. The van der Waals surface area contributed by atoms with E-state index in [1.807, 2.05) is 0 Å². The Kier molecular flexibility index (Phi) is 6.02. The number of benzene rings is 2. The van der Waals surface area contributed by atoms with E-state index in [-0.39, 0.29) is 18.2 Å². The van der Waals surface area contributed by atoms with Crippen molar-refractivity contribution in [3.63, 3.8) is 0 Å². The third-order valence-electron chi connectivity index (χ3n) is 4.47. The van der Waals surface area contributed by atoms with Gasteiger partial charge in [0, 0.05) is 18.2 Å². The lowest BCUT2D eigenvalue weighted by atomic mass is 10.1. The van der Waals surface area contributed by atoms with Gasteiger partial charge in [-0.2, -0.15) is 13.2 Å². The molecule has 0 radical (unpaired) electrons. The molecule has 1 fully saturated rings. The topological polar surface area (TPSA) is 58.2 Å². The van der Waals surface area contributed by atoms with Gasteiger partial charge in [-0.15, -0.1) is 0 Å². The van der Waals surface area contributed by atoms with Crippen molar-refractivity contribution >= 4 is 17.5 Å². The fraction of sp³-hybridized carbons (Fsp3) is 0.333. The Bertz CT molecular complexity index is 826. The van der Waals surface area contributed by atoms with Crippen LogP contribution in [0.15, 0.2) is 48.5 Å². The van der Waals surface area contributed by atoms with Crippen molar-refractivity contribution in [3.05, 3.63) is 65.2 Å². The molecule has 28 heavy (non-hydrogen) atoms. The van der Waals surface area contributed by atoms with E-state index in [0.29, 0.717) is 30.1 Å². The van der Waals surface area contributed by atoms with Crippen LogP contribution in [-0.2, 0) is 28.6 Å². The van der Waals surface area contributed by atoms with Crippen LogP contribution in [0.2, 0.25) is 0 Å². The van der Waals surface area contributed by atoms with Gasteiger partial charge in [0.1, 0.15) is 0 Å². The molecule has 0 heterocycles. The molecular weight excluding hydrogens is 369 g/mol. The highest BCUT2D eigenvalue weighted by atomic mass is 19.4. The molecule has 0 atom stereocenters. The van der Waals surface area contributed by atoms with Crippen LogP contribution < -0.4 is 10.6 Å². The average Bonchev–Trinajstić information content (AvgIpc) is 3.45. The summed E-state index contributed by atoms with van der Waals surface area (Å²) in [6.45, 7) is 0. The lowest BCUT2D eigenvalue weighted by Gasteiger charge is -2.09. The number of nitrogens with one attached hydrogen (secondary N) is 2. The Hall–Kier alpha value is -2.83. The summed E-state index contributed by atoms with van der Waals surface area (Å²) >= 11 is 0. The van der Waals surface area contributed by atoms with E-state index in [4.69, 9.17) is 0 Å². The van der Waals surface area contributed by atoms with E-state index >= 15 is 0 Å². The number of hydrogen-bond acceptors (Lipinski definition) is 2. The van der Waals surface area contributed by atoms with Gasteiger partial charge in [0.25, 0.3) is 0 Å². The van der Waals surface area contributed by atoms with E-state index in [1.54, 1.807) is 24.3 Å². The van der Waals surface area contributed by atoms with Crippen molar-refractivity contribution in [2.75, 3.05) is 5.32 Å². The lowest BCUT2D eigenvalue weighted by Crippen LogP contribution is -2.26. The van der Waals surface area contributed by atoms with Gasteiger partial charge in [0.2, 0.25) is 11.8 Å². The van der Waals surface area contributed by atoms with Crippen LogP contribution in [-0.4, -0.2) is 17.9 Å². The highest BCUT2D eigenvalue weighted by molar-refractivity contribution is 5.90. The third kappa shape index (κ3) is 6.11. The minimum absolute atomic E-state index is 0.00386. The summed E-state index contributed by atoms with van der Waals surface area (Å²) in [7, 11) is 0. The summed E-state index contributed by atoms with van der Waals surface area (Å²) < 4.78 is 37.6. The number of hydrogen-bond donors (Lipinski definition) is 2. The maximum absolute atomic E-state index is 12.5. The Morgan fingerprint density at radius 3 is 2.07 bits per heavy atom. The summed E-state index contributed by atoms with van der Waals surface area (Å²) in [6, 6.07) is 12.2. The number of anilines is 1. The molecule has 7 heteroatoms. The summed E-state index contributed by atoms with van der Waals surface area (Å²) in [5.74, 6) is -0.227. The van der Waals surface area contributed by atoms with Crippen molar-refractivity contribution in [1.82, 2.24) is 5.32 Å². The zero-order chi connectivity index (χ0) is 20.1. The van der Waals surface area contributed by atoms with Crippen LogP contribution in [0.25, 0.3) is 0 Å². The second-order valence-corrected chi connectivity index (χ2v) is 6.96. The first-order valence-electron chi connectivity index (χ1n) is 9.14. The van der Waals surface area contributed by atoms with Gasteiger partial charge in [-0.1, -0.05) is 24.3 Å². The molecule has 2 aromatic rings. The summed E-state index contributed by atoms with van der Waals surface area (Å²) in [6.07, 6.45) is -1.45. The van der Waals surface area contributed by atoms with E-state index in [0.717, 1.165) is 30.5 Å². The van der Waals surface area contributed by atoms with Crippen LogP contribution >= 0.6 is 0 Å². The summed E-state index contributed by atoms with van der Waals surface area (Å²) in [4.78, 5) is 23.8. The fourth-order valence-corrected chi connectivity index (χ4v) is 2.74. The largest absolute Gasteiger partial charge is 0.416 e. The van der Waals surface area contributed by atoms with Gasteiger partial charge in [0.05, 0.1) is 12.0 Å². The molecule has 2 N–H and O–H groups in total. The van der Waals surface area contributed by atoms with Crippen molar-refractivity contribution in [3.8, 4) is 0 Å². The van der Waals surface area contributed by atoms with Gasteiger partial charge in [-0.3, -0.25) is 9.59 Å². The Morgan fingerprint density at radius 1 is 0.893 bits per heavy atom. The Morgan fingerprint density at radius 2 is 1.50 bits per heavy atom. The molecule has 0 aliphatic heterocycles. The molecule has 148 valence electrons. The third-order valence-corrected chi connectivity index (χ3v) is 4.47. The smallest absolute Gasteiger partial charge is 0.353 e. The Balaban J connectivity index is 1.44. The van der Waals surface area contributed by atoms with E-state index in [1.165, 1.54) is 12.1 Å². The number of amides is 2. The molecule has 0 aromatic heterocycles. The van der Waals surface area contributed by atoms with Gasteiger partial charge < -0.3 is 10.6 Å². The second kappa shape index (κ2) is 8.46. The molecule has 1 aliphatic carbocycles. The summed E-state index contributed by atoms with van der Waals surface area (Å²) in [5, 5.41) is 5.67. The van der Waals surface area contributed by atoms with Crippen molar-refractivity contribution in [2.45, 2.75) is 44.3 Å². The Labute approximate surface area is 161 Å².